The smallest absolute Gasteiger partial charge is 0.331 e. The van der Waals surface area contributed by atoms with Gasteiger partial charge in [0, 0.05) is 24.9 Å². The second-order valence-corrected chi connectivity index (χ2v) is 3.30. The highest BCUT2D eigenvalue weighted by Crippen LogP contribution is 2.21. The number of nitrogens with one attached hydrogen (secondary N) is 1. The summed E-state index contributed by atoms with van der Waals surface area (Å²) >= 11 is 0. The Balaban J connectivity index is 2.29. The molecule has 1 aromatic heterocycles. The first-order valence-electron chi connectivity index (χ1n) is 4.85. The number of carbonyl (C=O) groups excluding carboxylic acids is 1. The second kappa shape index (κ2) is 3.76. The van der Waals surface area contributed by atoms with Crippen LogP contribution in [0.2, 0.25) is 0 Å². The summed E-state index contributed by atoms with van der Waals surface area (Å²) in [6.45, 7) is 2.61. The standard InChI is InChI=1S/C10H12N2O3/c1-2-15-10(14)8-6-11-9-5-7(13)3-4-12(8)9/h3-5,8,11H,2,6H2,1H3. The van der Waals surface area contributed by atoms with Crippen molar-refractivity contribution < 1.29 is 9.53 Å². The molecule has 1 atom stereocenters. The summed E-state index contributed by atoms with van der Waals surface area (Å²) < 4.78 is 6.66. The maximum Gasteiger partial charge on any atom is 0.331 e. The molecule has 5 nitrogen and oxygen atoms in total. The van der Waals surface area contributed by atoms with E-state index in [-0.39, 0.29) is 17.4 Å². The number of pyridine rings is 1. The lowest BCUT2D eigenvalue weighted by molar-refractivity contribution is -0.146. The van der Waals surface area contributed by atoms with Crippen LogP contribution in [-0.4, -0.2) is 23.7 Å². The fourth-order valence-electron chi connectivity index (χ4n) is 1.64. The first-order valence-corrected chi connectivity index (χ1v) is 4.85. The van der Waals surface area contributed by atoms with Crippen LogP contribution in [0.25, 0.3) is 0 Å². The Morgan fingerprint density at radius 1 is 1.73 bits per heavy atom. The van der Waals surface area contributed by atoms with E-state index < -0.39 is 0 Å². The second-order valence-electron chi connectivity index (χ2n) is 3.30. The van der Waals surface area contributed by atoms with Gasteiger partial charge in [0.25, 0.3) is 0 Å². The summed E-state index contributed by atoms with van der Waals surface area (Å²) in [5.74, 6) is 0.396. The summed E-state index contributed by atoms with van der Waals surface area (Å²) in [6.07, 6.45) is 1.61. The number of rotatable bonds is 2. The van der Waals surface area contributed by atoms with Gasteiger partial charge in [0.05, 0.1) is 6.61 Å². The summed E-state index contributed by atoms with van der Waals surface area (Å²) in [5, 5.41) is 2.99. The Hall–Kier alpha value is -1.78. The molecule has 2 rings (SSSR count). The normalized spacial score (nSPS) is 18.1. The molecule has 0 saturated heterocycles. The van der Waals surface area contributed by atoms with Crippen LogP contribution in [0.1, 0.15) is 13.0 Å². The average molecular weight is 208 g/mol. The minimum Gasteiger partial charge on any atom is -0.464 e. The van der Waals surface area contributed by atoms with E-state index in [1.54, 1.807) is 17.7 Å². The molecular weight excluding hydrogens is 196 g/mol. The number of hydrogen-bond donors (Lipinski definition) is 1. The molecule has 0 fully saturated rings. The number of fused-ring (bicyclic) bond motifs is 1. The molecule has 1 N–H and O–H groups in total. The lowest BCUT2D eigenvalue weighted by Gasteiger charge is -2.11. The van der Waals surface area contributed by atoms with E-state index >= 15 is 0 Å². The average Bonchev–Trinajstić information content (AvgIpc) is 2.60. The van der Waals surface area contributed by atoms with Crippen LogP contribution in [0.3, 0.4) is 0 Å². The Morgan fingerprint density at radius 2 is 2.53 bits per heavy atom. The van der Waals surface area contributed by atoms with Crippen molar-refractivity contribution in [3.05, 3.63) is 28.6 Å². The fourth-order valence-corrected chi connectivity index (χ4v) is 1.64. The summed E-state index contributed by atoms with van der Waals surface area (Å²) in [4.78, 5) is 22.6. The zero-order valence-electron chi connectivity index (χ0n) is 8.40. The van der Waals surface area contributed by atoms with Crippen molar-refractivity contribution in [2.75, 3.05) is 18.5 Å². The highest BCUT2D eigenvalue weighted by atomic mass is 16.5. The molecule has 1 aromatic rings. The zero-order valence-corrected chi connectivity index (χ0v) is 8.40. The van der Waals surface area contributed by atoms with Crippen LogP contribution < -0.4 is 10.7 Å². The first-order chi connectivity index (χ1) is 7.22. The molecule has 0 aliphatic carbocycles. The van der Waals surface area contributed by atoms with E-state index in [1.165, 1.54) is 12.1 Å². The predicted molar refractivity (Wildman–Crippen MR) is 54.9 cm³/mol. The third kappa shape index (κ3) is 1.72. The monoisotopic (exact) mass is 208 g/mol. The van der Waals surface area contributed by atoms with Crippen molar-refractivity contribution >= 4 is 11.8 Å². The van der Waals surface area contributed by atoms with Gasteiger partial charge < -0.3 is 14.6 Å². The minimum atomic E-state index is -0.361. The van der Waals surface area contributed by atoms with Crippen molar-refractivity contribution in [2.45, 2.75) is 13.0 Å². The molecule has 0 saturated carbocycles. The molecule has 0 aromatic carbocycles. The Labute approximate surface area is 86.7 Å². The summed E-state index contributed by atoms with van der Waals surface area (Å²) in [7, 11) is 0. The van der Waals surface area contributed by atoms with Gasteiger partial charge in [-0.1, -0.05) is 0 Å². The molecule has 80 valence electrons. The van der Waals surface area contributed by atoms with Crippen LogP contribution in [0, 0.1) is 0 Å². The SMILES string of the molecule is CCOC(=O)C1CNc2cc(=O)ccn21. The van der Waals surface area contributed by atoms with Crippen molar-refractivity contribution in [1.82, 2.24) is 4.57 Å². The third-order valence-electron chi connectivity index (χ3n) is 2.33. The lowest BCUT2D eigenvalue weighted by Crippen LogP contribution is -2.21. The van der Waals surface area contributed by atoms with E-state index in [9.17, 15) is 9.59 Å². The van der Waals surface area contributed by atoms with Gasteiger partial charge in [-0.15, -0.1) is 0 Å². The van der Waals surface area contributed by atoms with Crippen molar-refractivity contribution in [1.29, 1.82) is 0 Å². The minimum absolute atomic E-state index is 0.0711. The van der Waals surface area contributed by atoms with Gasteiger partial charge in [-0.3, -0.25) is 4.79 Å². The largest absolute Gasteiger partial charge is 0.464 e. The molecule has 1 aliphatic rings. The highest BCUT2D eigenvalue weighted by Gasteiger charge is 2.27. The van der Waals surface area contributed by atoms with Crippen molar-refractivity contribution in [2.24, 2.45) is 0 Å². The Bertz CT molecular complexity index is 439. The number of ether oxygens (including phenoxy) is 1. The number of carbonyl (C=O) groups is 1. The van der Waals surface area contributed by atoms with Gasteiger partial charge in [0.1, 0.15) is 11.9 Å². The van der Waals surface area contributed by atoms with E-state index in [1.807, 2.05) is 0 Å². The van der Waals surface area contributed by atoms with Gasteiger partial charge >= 0.3 is 5.97 Å². The zero-order chi connectivity index (χ0) is 10.8. The molecule has 0 radical (unpaired) electrons. The quantitative estimate of drug-likeness (QED) is 0.714. The molecule has 5 heteroatoms. The molecule has 2 heterocycles. The predicted octanol–water partition coefficient (Wildman–Crippen LogP) is 0.378. The number of hydrogen-bond acceptors (Lipinski definition) is 4. The highest BCUT2D eigenvalue weighted by molar-refractivity contribution is 5.77. The van der Waals surface area contributed by atoms with Crippen LogP contribution in [-0.2, 0) is 9.53 Å². The van der Waals surface area contributed by atoms with Gasteiger partial charge in [0.2, 0.25) is 0 Å². The van der Waals surface area contributed by atoms with Crippen molar-refractivity contribution in [3.8, 4) is 0 Å². The van der Waals surface area contributed by atoms with Gasteiger partial charge in [-0.2, -0.15) is 0 Å². The van der Waals surface area contributed by atoms with Gasteiger partial charge in [-0.25, -0.2) is 4.79 Å². The van der Waals surface area contributed by atoms with Gasteiger partial charge in [0.15, 0.2) is 5.43 Å². The topological polar surface area (TPSA) is 60.3 Å². The van der Waals surface area contributed by atoms with Gasteiger partial charge in [-0.05, 0) is 6.92 Å². The molecule has 15 heavy (non-hydrogen) atoms. The van der Waals surface area contributed by atoms with Crippen LogP contribution in [0.5, 0.6) is 0 Å². The van der Waals surface area contributed by atoms with Crippen LogP contribution in [0.4, 0.5) is 5.82 Å². The van der Waals surface area contributed by atoms with E-state index in [0.717, 1.165) is 0 Å². The molecule has 0 bridgehead atoms. The number of anilines is 1. The van der Waals surface area contributed by atoms with E-state index in [4.69, 9.17) is 4.74 Å². The fraction of sp³-hybridized carbons (Fsp3) is 0.400. The maximum absolute atomic E-state index is 11.5. The third-order valence-corrected chi connectivity index (χ3v) is 2.33. The molecular formula is C10H12N2O3. The number of esters is 1. The summed E-state index contributed by atoms with van der Waals surface area (Å²) in [6, 6.07) is 2.54. The van der Waals surface area contributed by atoms with E-state index in [0.29, 0.717) is 19.0 Å². The molecule has 1 unspecified atom stereocenters. The van der Waals surface area contributed by atoms with Crippen LogP contribution in [0.15, 0.2) is 23.1 Å². The molecule has 0 amide bonds. The Morgan fingerprint density at radius 3 is 3.27 bits per heavy atom. The summed E-state index contributed by atoms with van der Waals surface area (Å²) in [5.41, 5.74) is -0.0711. The number of aromatic nitrogens is 1. The van der Waals surface area contributed by atoms with Crippen molar-refractivity contribution in [3.63, 3.8) is 0 Å². The Kier molecular flexibility index (Phi) is 2.45. The first kappa shape index (κ1) is 9.76. The van der Waals surface area contributed by atoms with E-state index in [2.05, 4.69) is 5.32 Å². The number of nitrogens with zero attached hydrogens (tertiary/aromatic N) is 1. The molecule has 1 aliphatic heterocycles. The van der Waals surface area contributed by atoms with Crippen LogP contribution >= 0.6 is 0 Å². The maximum atomic E-state index is 11.5. The molecule has 0 spiro atoms. The lowest BCUT2D eigenvalue weighted by atomic mass is 10.3.